The molecule has 0 unspecified atom stereocenters. The van der Waals surface area contributed by atoms with E-state index >= 15 is 0 Å². The van der Waals surface area contributed by atoms with Gasteiger partial charge in [-0.05, 0) is 37.3 Å². The van der Waals surface area contributed by atoms with Crippen LogP contribution in [-0.2, 0) is 4.74 Å². The van der Waals surface area contributed by atoms with E-state index in [1.54, 1.807) is 25.1 Å². The highest BCUT2D eigenvalue weighted by Crippen LogP contribution is 2.24. The molecule has 0 bridgehead atoms. The molecule has 0 fully saturated rings. The molecule has 0 atom stereocenters. The molecule has 1 aromatic carbocycles. The number of thiophene rings is 1. The number of nitrogens with one attached hydrogen (secondary N) is 1. The molecule has 3 aromatic heterocycles. The van der Waals surface area contributed by atoms with Gasteiger partial charge in [0.2, 0.25) is 0 Å². The van der Waals surface area contributed by atoms with Gasteiger partial charge in [-0.3, -0.25) is 14.9 Å². The summed E-state index contributed by atoms with van der Waals surface area (Å²) in [4.78, 5) is 29.1. The van der Waals surface area contributed by atoms with Gasteiger partial charge in [0.15, 0.2) is 0 Å². The molecule has 0 spiro atoms. The molecule has 0 amide bonds. The van der Waals surface area contributed by atoms with Gasteiger partial charge in [0.05, 0.1) is 23.0 Å². The number of benzene rings is 1. The molecule has 3 heterocycles. The number of esters is 1. The van der Waals surface area contributed by atoms with Crippen LogP contribution in [0.1, 0.15) is 16.6 Å². The number of aromatic nitrogens is 3. The number of hydrogen-bond donors (Lipinski definition) is 1. The lowest BCUT2D eigenvalue weighted by Crippen LogP contribution is -2.12. The van der Waals surface area contributed by atoms with Crippen molar-refractivity contribution in [3.05, 3.63) is 57.6 Å². The Kier molecular flexibility index (Phi) is 3.61. The van der Waals surface area contributed by atoms with Crippen LogP contribution in [0.2, 0.25) is 0 Å². The van der Waals surface area contributed by atoms with E-state index in [1.165, 1.54) is 23.0 Å². The van der Waals surface area contributed by atoms with Gasteiger partial charge in [-0.15, -0.1) is 11.3 Å². The number of fused-ring (bicyclic) bond motifs is 3. The Morgan fingerprint density at radius 1 is 1.32 bits per heavy atom. The summed E-state index contributed by atoms with van der Waals surface area (Å²) in [5, 5.41) is 4.40. The Morgan fingerprint density at radius 3 is 2.96 bits per heavy atom. The molecule has 126 valence electrons. The zero-order chi connectivity index (χ0) is 17.6. The minimum Gasteiger partial charge on any atom is -0.462 e. The first-order valence-corrected chi connectivity index (χ1v) is 8.36. The van der Waals surface area contributed by atoms with Crippen molar-refractivity contribution in [2.75, 3.05) is 6.61 Å². The molecule has 4 rings (SSSR count). The molecular formula is C17H12FN3O3S. The topological polar surface area (TPSA) is 77.0 Å². The third-order valence-electron chi connectivity index (χ3n) is 3.78. The van der Waals surface area contributed by atoms with Crippen LogP contribution in [0.25, 0.3) is 26.8 Å². The summed E-state index contributed by atoms with van der Waals surface area (Å²) in [6.07, 6.45) is 1.46. The average Bonchev–Trinajstić information content (AvgIpc) is 3.20. The largest absolute Gasteiger partial charge is 0.462 e. The first-order chi connectivity index (χ1) is 12.1. The van der Waals surface area contributed by atoms with Gasteiger partial charge < -0.3 is 4.74 Å². The Morgan fingerprint density at radius 2 is 2.16 bits per heavy atom. The van der Waals surface area contributed by atoms with Crippen molar-refractivity contribution in [1.82, 2.24) is 14.8 Å². The van der Waals surface area contributed by atoms with E-state index in [9.17, 15) is 14.0 Å². The van der Waals surface area contributed by atoms with Crippen molar-refractivity contribution in [1.29, 1.82) is 0 Å². The van der Waals surface area contributed by atoms with Crippen LogP contribution in [0.5, 0.6) is 0 Å². The summed E-state index contributed by atoms with van der Waals surface area (Å²) in [7, 11) is 0. The van der Waals surface area contributed by atoms with Crippen molar-refractivity contribution in [3.63, 3.8) is 0 Å². The molecule has 0 aliphatic rings. The molecule has 1 N–H and O–H groups in total. The highest BCUT2D eigenvalue weighted by atomic mass is 32.1. The molecule has 0 saturated heterocycles. The van der Waals surface area contributed by atoms with Gasteiger partial charge in [0, 0.05) is 11.6 Å². The maximum atomic E-state index is 13.6. The minimum atomic E-state index is -0.433. The summed E-state index contributed by atoms with van der Waals surface area (Å²) >= 11 is 1.13. The maximum Gasteiger partial charge on any atom is 0.348 e. The lowest BCUT2D eigenvalue weighted by Gasteiger charge is -1.99. The lowest BCUT2D eigenvalue weighted by atomic mass is 10.2. The molecule has 0 radical (unpaired) electrons. The van der Waals surface area contributed by atoms with Crippen molar-refractivity contribution in [2.24, 2.45) is 0 Å². The number of rotatable bonds is 3. The number of hydrogen-bond acceptors (Lipinski definition) is 5. The smallest absolute Gasteiger partial charge is 0.348 e. The molecule has 6 nitrogen and oxygen atoms in total. The quantitative estimate of drug-likeness (QED) is 0.571. The normalized spacial score (nSPS) is 11.3. The molecule has 0 aliphatic carbocycles. The second kappa shape index (κ2) is 5.82. The first kappa shape index (κ1) is 15.5. The summed E-state index contributed by atoms with van der Waals surface area (Å²) in [5.74, 6) is -0.840. The fraction of sp³-hybridized carbons (Fsp3) is 0.118. The first-order valence-electron chi connectivity index (χ1n) is 7.55. The van der Waals surface area contributed by atoms with Crippen LogP contribution in [0.3, 0.4) is 0 Å². The standard InChI is InChI=1S/C17H12FN3O3S/c1-2-24-17(23)13-5-6-14(25-13)21-16(22)11-8-19-12-4-3-9(18)7-10(12)15(11)20-21/h3-8,20H,2H2,1H3. The van der Waals surface area contributed by atoms with E-state index < -0.39 is 11.8 Å². The van der Waals surface area contributed by atoms with E-state index in [4.69, 9.17) is 4.74 Å². The summed E-state index contributed by atoms with van der Waals surface area (Å²) < 4.78 is 19.9. The minimum absolute atomic E-state index is 0.279. The summed E-state index contributed by atoms with van der Waals surface area (Å²) in [6, 6.07) is 7.48. The third kappa shape index (κ3) is 2.51. The van der Waals surface area contributed by atoms with Gasteiger partial charge in [-0.2, -0.15) is 0 Å². The van der Waals surface area contributed by atoms with Crippen molar-refractivity contribution < 1.29 is 13.9 Å². The predicted molar refractivity (Wildman–Crippen MR) is 93.0 cm³/mol. The van der Waals surface area contributed by atoms with Crippen LogP contribution in [0.15, 0.2) is 41.3 Å². The number of carbonyl (C=O) groups excluding carboxylic acids is 1. The van der Waals surface area contributed by atoms with Crippen LogP contribution < -0.4 is 5.56 Å². The Balaban J connectivity index is 1.90. The highest BCUT2D eigenvalue weighted by Gasteiger charge is 2.16. The summed E-state index contributed by atoms with van der Waals surface area (Å²) in [6.45, 7) is 2.01. The number of nitrogens with zero attached hydrogens (tertiary/aromatic N) is 2. The second-order valence-electron chi connectivity index (χ2n) is 5.32. The van der Waals surface area contributed by atoms with Crippen LogP contribution in [0.4, 0.5) is 4.39 Å². The molecule has 0 saturated carbocycles. The molecule has 0 aliphatic heterocycles. The number of ether oxygens (including phenoxy) is 1. The molecular weight excluding hydrogens is 345 g/mol. The van der Waals surface area contributed by atoms with Crippen molar-refractivity contribution in [2.45, 2.75) is 6.92 Å². The zero-order valence-corrected chi connectivity index (χ0v) is 13.9. The SMILES string of the molecule is CCOC(=O)c1ccc(-n2[nH]c3c(cnc4ccc(F)cc43)c2=O)s1. The molecule has 4 aromatic rings. The van der Waals surface area contributed by atoms with Crippen molar-refractivity contribution in [3.8, 4) is 5.00 Å². The number of pyridine rings is 1. The van der Waals surface area contributed by atoms with Crippen molar-refractivity contribution >= 4 is 39.1 Å². The number of aromatic amines is 1. The Hall–Kier alpha value is -3.00. The second-order valence-corrected chi connectivity index (χ2v) is 6.38. The monoisotopic (exact) mass is 357 g/mol. The van der Waals surface area contributed by atoms with E-state index in [1.807, 2.05) is 0 Å². The van der Waals surface area contributed by atoms with E-state index in [2.05, 4.69) is 10.1 Å². The number of carbonyl (C=O) groups is 1. The van der Waals surface area contributed by atoms with E-state index in [0.717, 1.165) is 11.3 Å². The van der Waals surface area contributed by atoms with E-state index in [-0.39, 0.29) is 12.2 Å². The number of H-pyrrole nitrogens is 1. The van der Waals surface area contributed by atoms with Crippen LogP contribution in [-0.4, -0.2) is 27.3 Å². The highest BCUT2D eigenvalue weighted by molar-refractivity contribution is 7.16. The zero-order valence-electron chi connectivity index (χ0n) is 13.1. The number of halogens is 1. The van der Waals surface area contributed by atoms with Gasteiger partial charge in [-0.25, -0.2) is 13.9 Å². The molecule has 25 heavy (non-hydrogen) atoms. The van der Waals surface area contributed by atoms with Gasteiger partial charge in [0.1, 0.15) is 15.7 Å². The Bertz CT molecular complexity index is 1180. The molecule has 8 heteroatoms. The van der Waals surface area contributed by atoms with Crippen LogP contribution >= 0.6 is 11.3 Å². The van der Waals surface area contributed by atoms with E-state index in [0.29, 0.717) is 31.7 Å². The van der Waals surface area contributed by atoms with Gasteiger partial charge >= 0.3 is 5.97 Å². The average molecular weight is 357 g/mol. The summed E-state index contributed by atoms with van der Waals surface area (Å²) in [5.41, 5.74) is 0.771. The lowest BCUT2D eigenvalue weighted by molar-refractivity contribution is 0.0532. The van der Waals surface area contributed by atoms with Gasteiger partial charge in [-0.1, -0.05) is 0 Å². The third-order valence-corrected chi connectivity index (χ3v) is 4.83. The van der Waals surface area contributed by atoms with Gasteiger partial charge in [0.25, 0.3) is 5.56 Å². The fourth-order valence-electron chi connectivity index (χ4n) is 2.65. The fourth-order valence-corrected chi connectivity index (χ4v) is 3.50. The van der Waals surface area contributed by atoms with Crippen LogP contribution in [0, 0.1) is 5.82 Å². The maximum absolute atomic E-state index is 13.6. The predicted octanol–water partition coefficient (Wildman–Crippen LogP) is 3.24. The Labute approximate surface area is 144 Å².